The Balaban J connectivity index is 2.27. The van der Waals surface area contributed by atoms with Crippen LogP contribution in [0.3, 0.4) is 0 Å². The van der Waals surface area contributed by atoms with Crippen LogP contribution < -0.4 is 10.5 Å². The zero-order valence-corrected chi connectivity index (χ0v) is 11.8. The molecule has 2 aromatic rings. The maximum Gasteiger partial charge on any atom is 0.224 e. The summed E-state index contributed by atoms with van der Waals surface area (Å²) in [5, 5.41) is 0. The Labute approximate surface area is 113 Å². The molecular weight excluding hydrogens is 238 g/mol. The molecule has 1 heterocycles. The lowest BCUT2D eigenvalue weighted by Gasteiger charge is -2.20. The van der Waals surface area contributed by atoms with E-state index in [2.05, 4.69) is 42.9 Å². The zero-order chi connectivity index (χ0) is 14.0. The molecule has 0 fully saturated rings. The standard InChI is InChI=1S/C15H19N3O/c1-10-7-11(15(2,3)4)5-6-12(10)19-14-8-13(16)17-9-18-14/h5-9H,1-4H3,(H2,16,17,18). The Bertz CT molecular complexity index is 588. The van der Waals surface area contributed by atoms with E-state index < -0.39 is 0 Å². The minimum absolute atomic E-state index is 0.128. The van der Waals surface area contributed by atoms with Gasteiger partial charge in [0.1, 0.15) is 17.9 Å². The molecule has 0 amide bonds. The van der Waals surface area contributed by atoms with Gasteiger partial charge in [0.05, 0.1) is 0 Å². The number of nitrogens with two attached hydrogens (primary N) is 1. The summed E-state index contributed by atoms with van der Waals surface area (Å²) in [4.78, 5) is 7.87. The third-order valence-corrected chi connectivity index (χ3v) is 2.92. The van der Waals surface area contributed by atoms with Gasteiger partial charge in [0, 0.05) is 6.07 Å². The Morgan fingerprint density at radius 3 is 2.42 bits per heavy atom. The predicted octanol–water partition coefficient (Wildman–Crippen LogP) is 3.46. The highest BCUT2D eigenvalue weighted by atomic mass is 16.5. The van der Waals surface area contributed by atoms with Crippen LogP contribution in [0.1, 0.15) is 31.9 Å². The topological polar surface area (TPSA) is 61.0 Å². The Morgan fingerprint density at radius 2 is 1.84 bits per heavy atom. The van der Waals surface area contributed by atoms with E-state index in [0.717, 1.165) is 11.3 Å². The van der Waals surface area contributed by atoms with Gasteiger partial charge in [-0.2, -0.15) is 0 Å². The van der Waals surface area contributed by atoms with Crippen molar-refractivity contribution in [3.63, 3.8) is 0 Å². The molecule has 0 spiro atoms. The van der Waals surface area contributed by atoms with E-state index in [4.69, 9.17) is 10.5 Å². The molecule has 0 bridgehead atoms. The lowest BCUT2D eigenvalue weighted by Crippen LogP contribution is -2.11. The number of benzene rings is 1. The van der Waals surface area contributed by atoms with Crippen LogP contribution >= 0.6 is 0 Å². The first-order valence-corrected chi connectivity index (χ1v) is 6.23. The van der Waals surface area contributed by atoms with Gasteiger partial charge in [0.15, 0.2) is 0 Å². The molecule has 19 heavy (non-hydrogen) atoms. The van der Waals surface area contributed by atoms with Crippen LogP contribution in [0.15, 0.2) is 30.6 Å². The summed E-state index contributed by atoms with van der Waals surface area (Å²) in [7, 11) is 0. The summed E-state index contributed by atoms with van der Waals surface area (Å²) < 4.78 is 5.73. The molecule has 0 aliphatic heterocycles. The van der Waals surface area contributed by atoms with Crippen LogP contribution in [0.5, 0.6) is 11.6 Å². The SMILES string of the molecule is Cc1cc(C(C)(C)C)ccc1Oc1cc(N)ncn1. The molecule has 2 rings (SSSR count). The van der Waals surface area contributed by atoms with Crippen molar-refractivity contribution >= 4 is 5.82 Å². The zero-order valence-electron chi connectivity index (χ0n) is 11.8. The fourth-order valence-corrected chi connectivity index (χ4v) is 1.75. The Morgan fingerprint density at radius 1 is 1.11 bits per heavy atom. The minimum atomic E-state index is 0.128. The minimum Gasteiger partial charge on any atom is -0.439 e. The summed E-state index contributed by atoms with van der Waals surface area (Å²) in [5.41, 5.74) is 8.08. The lowest BCUT2D eigenvalue weighted by molar-refractivity contribution is 0.457. The average Bonchev–Trinajstić information content (AvgIpc) is 2.30. The van der Waals surface area contributed by atoms with Gasteiger partial charge in [-0.05, 0) is 29.5 Å². The molecular formula is C15H19N3O. The first-order valence-electron chi connectivity index (χ1n) is 6.23. The second-order valence-corrected chi connectivity index (χ2v) is 5.61. The molecule has 0 radical (unpaired) electrons. The maximum atomic E-state index is 5.73. The van der Waals surface area contributed by atoms with E-state index in [-0.39, 0.29) is 5.41 Å². The van der Waals surface area contributed by atoms with Crippen molar-refractivity contribution in [3.05, 3.63) is 41.7 Å². The number of anilines is 1. The van der Waals surface area contributed by atoms with Crippen molar-refractivity contribution in [2.24, 2.45) is 0 Å². The van der Waals surface area contributed by atoms with Gasteiger partial charge in [-0.15, -0.1) is 0 Å². The van der Waals surface area contributed by atoms with Gasteiger partial charge >= 0.3 is 0 Å². The van der Waals surface area contributed by atoms with Crippen LogP contribution in [-0.2, 0) is 5.41 Å². The third kappa shape index (κ3) is 3.22. The van der Waals surface area contributed by atoms with E-state index >= 15 is 0 Å². The van der Waals surface area contributed by atoms with Crippen LogP contribution in [0.25, 0.3) is 0 Å². The number of aryl methyl sites for hydroxylation is 1. The normalized spacial score (nSPS) is 11.4. The smallest absolute Gasteiger partial charge is 0.224 e. The van der Waals surface area contributed by atoms with Crippen molar-refractivity contribution < 1.29 is 4.74 Å². The molecule has 4 heteroatoms. The summed E-state index contributed by atoms with van der Waals surface area (Å²) >= 11 is 0. The average molecular weight is 257 g/mol. The summed E-state index contributed by atoms with van der Waals surface area (Å²) in [6.45, 7) is 8.59. The maximum absolute atomic E-state index is 5.73. The van der Waals surface area contributed by atoms with Crippen LogP contribution in [0.2, 0.25) is 0 Å². The second-order valence-electron chi connectivity index (χ2n) is 5.61. The Kier molecular flexibility index (Phi) is 3.42. The van der Waals surface area contributed by atoms with Gasteiger partial charge in [0.2, 0.25) is 5.88 Å². The number of aromatic nitrogens is 2. The summed E-state index contributed by atoms with van der Waals surface area (Å²) in [6, 6.07) is 7.79. The van der Waals surface area contributed by atoms with Gasteiger partial charge in [-0.3, -0.25) is 0 Å². The number of hydrogen-bond acceptors (Lipinski definition) is 4. The van der Waals surface area contributed by atoms with Gasteiger partial charge in [-0.25, -0.2) is 9.97 Å². The van der Waals surface area contributed by atoms with Gasteiger partial charge in [0.25, 0.3) is 0 Å². The number of nitrogen functional groups attached to an aromatic ring is 1. The quantitative estimate of drug-likeness (QED) is 0.895. The molecule has 2 N–H and O–H groups in total. The van der Waals surface area contributed by atoms with E-state index in [1.54, 1.807) is 6.07 Å². The lowest BCUT2D eigenvalue weighted by atomic mass is 9.86. The molecule has 0 atom stereocenters. The molecule has 100 valence electrons. The fourth-order valence-electron chi connectivity index (χ4n) is 1.75. The van der Waals surface area contributed by atoms with E-state index in [1.165, 1.54) is 11.9 Å². The van der Waals surface area contributed by atoms with Crippen molar-refractivity contribution in [2.45, 2.75) is 33.1 Å². The molecule has 0 aliphatic carbocycles. The van der Waals surface area contributed by atoms with E-state index in [0.29, 0.717) is 11.7 Å². The fraction of sp³-hybridized carbons (Fsp3) is 0.333. The predicted molar refractivity (Wildman–Crippen MR) is 76.4 cm³/mol. The van der Waals surface area contributed by atoms with Crippen LogP contribution in [-0.4, -0.2) is 9.97 Å². The number of hydrogen-bond donors (Lipinski definition) is 1. The molecule has 4 nitrogen and oxygen atoms in total. The van der Waals surface area contributed by atoms with E-state index in [9.17, 15) is 0 Å². The van der Waals surface area contributed by atoms with E-state index in [1.807, 2.05) is 13.0 Å². The van der Waals surface area contributed by atoms with Crippen molar-refractivity contribution in [1.29, 1.82) is 0 Å². The van der Waals surface area contributed by atoms with Gasteiger partial charge < -0.3 is 10.5 Å². The van der Waals surface area contributed by atoms with Gasteiger partial charge in [-0.1, -0.05) is 32.9 Å². The van der Waals surface area contributed by atoms with Crippen molar-refractivity contribution in [1.82, 2.24) is 9.97 Å². The first kappa shape index (κ1) is 13.3. The highest BCUT2D eigenvalue weighted by Gasteiger charge is 2.15. The Hall–Kier alpha value is -2.10. The highest BCUT2D eigenvalue weighted by molar-refractivity contribution is 5.41. The largest absolute Gasteiger partial charge is 0.439 e. The molecule has 0 saturated carbocycles. The number of nitrogens with zero attached hydrogens (tertiary/aromatic N) is 2. The van der Waals surface area contributed by atoms with Crippen molar-refractivity contribution in [2.75, 3.05) is 5.73 Å². The first-order chi connectivity index (χ1) is 8.86. The number of rotatable bonds is 2. The van der Waals surface area contributed by atoms with Crippen LogP contribution in [0.4, 0.5) is 5.82 Å². The van der Waals surface area contributed by atoms with Crippen LogP contribution in [0, 0.1) is 6.92 Å². The van der Waals surface area contributed by atoms with Crippen molar-refractivity contribution in [3.8, 4) is 11.6 Å². The molecule has 0 saturated heterocycles. The molecule has 0 unspecified atom stereocenters. The second kappa shape index (κ2) is 4.88. The molecule has 0 aliphatic rings. The summed E-state index contributed by atoms with van der Waals surface area (Å²) in [5.74, 6) is 1.64. The third-order valence-electron chi connectivity index (χ3n) is 2.92. The molecule has 1 aromatic carbocycles. The monoisotopic (exact) mass is 257 g/mol. The highest BCUT2D eigenvalue weighted by Crippen LogP contribution is 2.29. The summed E-state index contributed by atoms with van der Waals surface area (Å²) in [6.07, 6.45) is 1.39. The number of ether oxygens (including phenoxy) is 1. The molecule has 1 aromatic heterocycles.